The normalized spacial score (nSPS) is 23.2. The summed E-state index contributed by atoms with van der Waals surface area (Å²) in [6.07, 6.45) is 4.04. The molecule has 3 rings (SSSR count). The average molecular weight is 249 g/mol. The Balaban J connectivity index is 1.85. The zero-order valence-electron chi connectivity index (χ0n) is 10.1. The predicted octanol–water partition coefficient (Wildman–Crippen LogP) is 2.28. The van der Waals surface area contributed by atoms with E-state index in [1.54, 1.807) is 0 Å². The minimum absolute atomic E-state index is 0.387. The van der Waals surface area contributed by atoms with Crippen LogP contribution in [0.2, 0.25) is 0 Å². The standard InChI is InChI=1S/C13H19N3S/c1-2-8-16(9-3-1)12(11-5-4-10-17-11)13-14-6-7-15-13/h4-5,10,12H,1-3,6-9H2,(H,14,15). The number of thiophene rings is 1. The lowest BCUT2D eigenvalue weighted by Gasteiger charge is -2.34. The van der Waals surface area contributed by atoms with Gasteiger partial charge in [-0.05, 0) is 37.4 Å². The van der Waals surface area contributed by atoms with E-state index in [2.05, 4.69) is 32.7 Å². The zero-order chi connectivity index (χ0) is 11.5. The van der Waals surface area contributed by atoms with Crippen molar-refractivity contribution in [2.45, 2.75) is 25.3 Å². The van der Waals surface area contributed by atoms with Gasteiger partial charge in [0.25, 0.3) is 0 Å². The number of nitrogens with zero attached hydrogens (tertiary/aromatic N) is 2. The van der Waals surface area contributed by atoms with Crippen LogP contribution in [0.15, 0.2) is 22.5 Å². The van der Waals surface area contributed by atoms with Gasteiger partial charge in [0.2, 0.25) is 0 Å². The molecule has 1 N–H and O–H groups in total. The van der Waals surface area contributed by atoms with Gasteiger partial charge in [-0.25, -0.2) is 0 Å². The molecule has 0 bridgehead atoms. The number of aliphatic imine (C=N–C) groups is 1. The highest BCUT2D eigenvalue weighted by molar-refractivity contribution is 7.10. The fourth-order valence-corrected chi connectivity index (χ4v) is 3.57. The van der Waals surface area contributed by atoms with Gasteiger partial charge in [0.05, 0.1) is 6.54 Å². The highest BCUT2D eigenvalue weighted by Gasteiger charge is 2.28. The quantitative estimate of drug-likeness (QED) is 0.890. The maximum Gasteiger partial charge on any atom is 0.119 e. The number of rotatable bonds is 3. The second-order valence-corrected chi connectivity index (χ2v) is 5.69. The van der Waals surface area contributed by atoms with Crippen molar-refractivity contribution in [2.75, 3.05) is 26.2 Å². The van der Waals surface area contributed by atoms with Gasteiger partial charge < -0.3 is 5.32 Å². The number of likely N-dealkylation sites (tertiary alicyclic amines) is 1. The van der Waals surface area contributed by atoms with Crippen LogP contribution in [0, 0.1) is 0 Å². The monoisotopic (exact) mass is 249 g/mol. The Morgan fingerprint density at radius 1 is 1.29 bits per heavy atom. The minimum atomic E-state index is 0.387. The molecule has 0 aromatic carbocycles. The van der Waals surface area contributed by atoms with E-state index >= 15 is 0 Å². The number of amidine groups is 1. The first-order valence-corrected chi connectivity index (χ1v) is 7.39. The van der Waals surface area contributed by atoms with Crippen molar-refractivity contribution < 1.29 is 0 Å². The molecule has 0 spiro atoms. The predicted molar refractivity (Wildman–Crippen MR) is 72.8 cm³/mol. The Morgan fingerprint density at radius 3 is 2.82 bits per heavy atom. The van der Waals surface area contributed by atoms with Gasteiger partial charge in [-0.1, -0.05) is 12.5 Å². The Morgan fingerprint density at radius 2 is 2.18 bits per heavy atom. The summed E-state index contributed by atoms with van der Waals surface area (Å²) in [4.78, 5) is 8.66. The van der Waals surface area contributed by atoms with E-state index in [1.165, 1.54) is 43.1 Å². The third-order valence-electron chi connectivity index (χ3n) is 3.53. The Labute approximate surface area is 107 Å². The van der Waals surface area contributed by atoms with Crippen LogP contribution in [0.3, 0.4) is 0 Å². The van der Waals surface area contributed by atoms with Gasteiger partial charge in [-0.2, -0.15) is 0 Å². The summed E-state index contributed by atoms with van der Waals surface area (Å²) in [7, 11) is 0. The first kappa shape index (κ1) is 11.2. The molecule has 0 radical (unpaired) electrons. The SMILES string of the molecule is c1csc(C(C2=NCCN2)N2CCCCC2)c1. The molecule has 2 aliphatic rings. The Kier molecular flexibility index (Phi) is 3.43. The molecule has 1 aromatic rings. The van der Waals surface area contributed by atoms with Crippen molar-refractivity contribution in [3.8, 4) is 0 Å². The highest BCUT2D eigenvalue weighted by atomic mass is 32.1. The largest absolute Gasteiger partial charge is 0.370 e. The van der Waals surface area contributed by atoms with E-state index in [4.69, 9.17) is 0 Å². The van der Waals surface area contributed by atoms with Crippen molar-refractivity contribution in [3.05, 3.63) is 22.4 Å². The van der Waals surface area contributed by atoms with Gasteiger partial charge >= 0.3 is 0 Å². The maximum absolute atomic E-state index is 4.64. The number of hydrogen-bond donors (Lipinski definition) is 1. The van der Waals surface area contributed by atoms with Crippen LogP contribution in [0.5, 0.6) is 0 Å². The lowest BCUT2D eigenvalue weighted by Crippen LogP contribution is -2.41. The molecular formula is C13H19N3S. The lowest BCUT2D eigenvalue weighted by molar-refractivity contribution is 0.203. The van der Waals surface area contributed by atoms with Crippen LogP contribution in [0.25, 0.3) is 0 Å². The number of nitrogens with one attached hydrogen (secondary N) is 1. The fourth-order valence-electron chi connectivity index (χ4n) is 2.71. The summed E-state index contributed by atoms with van der Waals surface area (Å²) in [6, 6.07) is 4.77. The molecule has 1 unspecified atom stereocenters. The molecule has 2 aliphatic heterocycles. The van der Waals surface area contributed by atoms with Crippen molar-refractivity contribution in [1.82, 2.24) is 10.2 Å². The molecule has 1 fully saturated rings. The third kappa shape index (κ3) is 2.38. The second kappa shape index (κ2) is 5.19. The molecule has 1 atom stereocenters. The van der Waals surface area contributed by atoms with E-state index in [-0.39, 0.29) is 0 Å². The van der Waals surface area contributed by atoms with Crippen molar-refractivity contribution >= 4 is 17.2 Å². The number of hydrogen-bond acceptors (Lipinski definition) is 4. The molecule has 0 aliphatic carbocycles. The van der Waals surface area contributed by atoms with Crippen LogP contribution in [-0.2, 0) is 0 Å². The molecular weight excluding hydrogens is 230 g/mol. The molecule has 4 heteroatoms. The van der Waals surface area contributed by atoms with Crippen molar-refractivity contribution in [2.24, 2.45) is 4.99 Å². The average Bonchev–Trinajstić information content (AvgIpc) is 3.04. The molecule has 0 saturated carbocycles. The fraction of sp³-hybridized carbons (Fsp3) is 0.615. The lowest BCUT2D eigenvalue weighted by atomic mass is 10.1. The highest BCUT2D eigenvalue weighted by Crippen LogP contribution is 2.29. The molecule has 0 amide bonds. The van der Waals surface area contributed by atoms with Gasteiger partial charge in [0.1, 0.15) is 11.9 Å². The van der Waals surface area contributed by atoms with Crippen LogP contribution < -0.4 is 5.32 Å². The summed E-state index contributed by atoms with van der Waals surface area (Å²) in [6.45, 7) is 4.36. The molecule has 92 valence electrons. The van der Waals surface area contributed by atoms with E-state index in [1.807, 2.05) is 11.3 Å². The summed E-state index contributed by atoms with van der Waals surface area (Å²) in [5.74, 6) is 1.19. The summed E-state index contributed by atoms with van der Waals surface area (Å²) >= 11 is 1.85. The van der Waals surface area contributed by atoms with E-state index in [0.717, 1.165) is 13.1 Å². The van der Waals surface area contributed by atoms with Crippen LogP contribution in [0.1, 0.15) is 30.2 Å². The van der Waals surface area contributed by atoms with Gasteiger partial charge in [0.15, 0.2) is 0 Å². The van der Waals surface area contributed by atoms with Gasteiger partial charge in [0, 0.05) is 11.4 Å². The van der Waals surface area contributed by atoms with Crippen molar-refractivity contribution in [1.29, 1.82) is 0 Å². The van der Waals surface area contributed by atoms with Gasteiger partial charge in [-0.3, -0.25) is 9.89 Å². The number of piperidine rings is 1. The molecule has 17 heavy (non-hydrogen) atoms. The third-order valence-corrected chi connectivity index (χ3v) is 4.45. The topological polar surface area (TPSA) is 27.6 Å². The molecule has 3 heterocycles. The van der Waals surface area contributed by atoms with Crippen molar-refractivity contribution in [3.63, 3.8) is 0 Å². The van der Waals surface area contributed by atoms with E-state index in [9.17, 15) is 0 Å². The zero-order valence-corrected chi connectivity index (χ0v) is 10.9. The van der Waals surface area contributed by atoms with E-state index < -0.39 is 0 Å². The van der Waals surface area contributed by atoms with Crippen LogP contribution in [-0.4, -0.2) is 36.9 Å². The molecule has 3 nitrogen and oxygen atoms in total. The van der Waals surface area contributed by atoms with Gasteiger partial charge in [-0.15, -0.1) is 11.3 Å². The Bertz CT molecular complexity index is 379. The smallest absolute Gasteiger partial charge is 0.119 e. The maximum atomic E-state index is 4.64. The van der Waals surface area contributed by atoms with Crippen LogP contribution in [0.4, 0.5) is 0 Å². The Hall–Kier alpha value is -0.870. The summed E-state index contributed by atoms with van der Waals surface area (Å²) in [5.41, 5.74) is 0. The summed E-state index contributed by atoms with van der Waals surface area (Å²) in [5, 5.41) is 5.63. The first-order chi connectivity index (χ1) is 8.45. The van der Waals surface area contributed by atoms with Crippen LogP contribution >= 0.6 is 11.3 Å². The van der Waals surface area contributed by atoms with E-state index in [0.29, 0.717) is 6.04 Å². The minimum Gasteiger partial charge on any atom is -0.370 e. The first-order valence-electron chi connectivity index (χ1n) is 6.51. The second-order valence-electron chi connectivity index (χ2n) is 4.71. The summed E-state index contributed by atoms with van der Waals surface area (Å²) < 4.78 is 0. The molecule has 1 aromatic heterocycles. The molecule has 1 saturated heterocycles.